The second-order valence-electron chi connectivity index (χ2n) is 8.97. The zero-order chi connectivity index (χ0) is 21.5. The van der Waals surface area contributed by atoms with Crippen LogP contribution in [0.3, 0.4) is 0 Å². The molecule has 4 heterocycles. The van der Waals surface area contributed by atoms with E-state index in [1.165, 1.54) is 5.56 Å². The maximum atomic E-state index is 5.61. The standard InChI is InChI=1S/C24H24N6O2/c1-16-4-2-5-17(12-16)21-26-20(31-28-21)15-30-10-7-24(8-11-30)13-19(24)23-27-22(29-32-23)18-6-3-9-25-14-18/h2-6,9,12,14,19H,7-8,10-11,13,15H2,1H3/t19-/m1/s1. The maximum absolute atomic E-state index is 5.61. The van der Waals surface area contributed by atoms with Crippen LogP contribution in [0.5, 0.6) is 0 Å². The third kappa shape index (κ3) is 3.60. The van der Waals surface area contributed by atoms with Crippen molar-refractivity contribution in [1.82, 2.24) is 30.2 Å². The zero-order valence-electron chi connectivity index (χ0n) is 17.9. The number of hydrogen-bond donors (Lipinski definition) is 0. The number of likely N-dealkylation sites (tertiary alicyclic amines) is 1. The normalized spacial score (nSPS) is 20.0. The molecule has 1 saturated heterocycles. The van der Waals surface area contributed by atoms with E-state index >= 15 is 0 Å². The molecule has 3 aromatic heterocycles. The van der Waals surface area contributed by atoms with Crippen molar-refractivity contribution in [1.29, 1.82) is 0 Å². The topological polar surface area (TPSA) is 94.0 Å². The van der Waals surface area contributed by atoms with Crippen LogP contribution in [0.4, 0.5) is 0 Å². The van der Waals surface area contributed by atoms with Crippen LogP contribution in [0, 0.1) is 12.3 Å². The molecule has 1 saturated carbocycles. The minimum atomic E-state index is 0.289. The summed E-state index contributed by atoms with van der Waals surface area (Å²) in [5.41, 5.74) is 3.35. The van der Waals surface area contributed by atoms with Crippen LogP contribution in [0.1, 0.15) is 42.5 Å². The van der Waals surface area contributed by atoms with Crippen molar-refractivity contribution in [3.05, 3.63) is 66.1 Å². The predicted octanol–water partition coefficient (Wildman–Crippen LogP) is 4.26. The molecule has 0 bridgehead atoms. The summed E-state index contributed by atoms with van der Waals surface area (Å²) in [5.74, 6) is 3.06. The molecular formula is C24H24N6O2. The summed E-state index contributed by atoms with van der Waals surface area (Å²) >= 11 is 0. The molecule has 8 nitrogen and oxygen atoms in total. The second kappa shape index (κ2) is 7.63. The van der Waals surface area contributed by atoms with Crippen LogP contribution in [0.2, 0.25) is 0 Å². The Bertz CT molecular complexity index is 1230. The van der Waals surface area contributed by atoms with Crippen molar-refractivity contribution < 1.29 is 9.05 Å². The largest absolute Gasteiger partial charge is 0.339 e. The molecule has 162 valence electrons. The number of pyridine rings is 1. The third-order valence-electron chi connectivity index (χ3n) is 6.80. The van der Waals surface area contributed by atoms with E-state index in [1.54, 1.807) is 12.4 Å². The highest BCUT2D eigenvalue weighted by atomic mass is 16.5. The SMILES string of the molecule is Cc1cccc(-c2noc(CN3CCC4(CC3)C[C@@H]4c3nc(-c4cccnc4)no3)n2)c1. The smallest absolute Gasteiger partial charge is 0.241 e. The van der Waals surface area contributed by atoms with Crippen LogP contribution in [0.25, 0.3) is 22.8 Å². The molecular weight excluding hydrogens is 404 g/mol. The lowest BCUT2D eigenvalue weighted by Crippen LogP contribution is -2.34. The Labute approximate surface area is 185 Å². The van der Waals surface area contributed by atoms with Gasteiger partial charge in [-0.25, -0.2) is 0 Å². The van der Waals surface area contributed by atoms with Gasteiger partial charge in [-0.1, -0.05) is 34.1 Å². The number of hydrogen-bond acceptors (Lipinski definition) is 8. The van der Waals surface area contributed by atoms with Gasteiger partial charge in [0.15, 0.2) is 0 Å². The first-order valence-corrected chi connectivity index (χ1v) is 11.0. The molecule has 8 heteroatoms. The van der Waals surface area contributed by atoms with Gasteiger partial charge in [0.25, 0.3) is 0 Å². The molecule has 1 aliphatic heterocycles. The molecule has 4 aromatic rings. The highest BCUT2D eigenvalue weighted by Crippen LogP contribution is 2.64. The predicted molar refractivity (Wildman–Crippen MR) is 116 cm³/mol. The van der Waals surface area contributed by atoms with Crippen molar-refractivity contribution in [2.45, 2.75) is 38.6 Å². The van der Waals surface area contributed by atoms with Crippen LogP contribution in [-0.2, 0) is 6.54 Å². The molecule has 1 aromatic carbocycles. The zero-order valence-corrected chi connectivity index (χ0v) is 17.9. The van der Waals surface area contributed by atoms with Crippen LogP contribution in [0.15, 0.2) is 57.8 Å². The molecule has 2 fully saturated rings. The molecule has 1 aliphatic carbocycles. The summed E-state index contributed by atoms with van der Waals surface area (Å²) in [6.45, 7) is 4.75. The second-order valence-corrected chi connectivity index (χ2v) is 8.97. The molecule has 6 rings (SSSR count). The van der Waals surface area contributed by atoms with E-state index in [0.717, 1.165) is 49.4 Å². The van der Waals surface area contributed by atoms with E-state index in [9.17, 15) is 0 Å². The van der Waals surface area contributed by atoms with E-state index in [1.807, 2.05) is 24.3 Å². The van der Waals surface area contributed by atoms with E-state index in [2.05, 4.69) is 49.2 Å². The summed E-state index contributed by atoms with van der Waals surface area (Å²) in [4.78, 5) is 15.8. The van der Waals surface area contributed by atoms with Crippen molar-refractivity contribution >= 4 is 0 Å². The Morgan fingerprint density at radius 2 is 1.81 bits per heavy atom. The van der Waals surface area contributed by atoms with Crippen LogP contribution < -0.4 is 0 Å². The highest BCUT2D eigenvalue weighted by Gasteiger charge is 2.58. The minimum absolute atomic E-state index is 0.289. The number of benzene rings is 1. The first-order valence-electron chi connectivity index (χ1n) is 11.0. The lowest BCUT2D eigenvalue weighted by atomic mass is 9.91. The van der Waals surface area contributed by atoms with Gasteiger partial charge in [0.2, 0.25) is 23.4 Å². The van der Waals surface area contributed by atoms with E-state index in [0.29, 0.717) is 30.0 Å². The monoisotopic (exact) mass is 428 g/mol. The van der Waals surface area contributed by atoms with Gasteiger partial charge in [-0.15, -0.1) is 0 Å². The summed E-state index contributed by atoms with van der Waals surface area (Å²) in [6.07, 6.45) is 6.85. The number of aromatic nitrogens is 5. The van der Waals surface area contributed by atoms with Gasteiger partial charge < -0.3 is 9.05 Å². The molecule has 2 aliphatic rings. The molecule has 0 radical (unpaired) electrons. The molecule has 1 atom stereocenters. The van der Waals surface area contributed by atoms with Gasteiger partial charge >= 0.3 is 0 Å². The van der Waals surface area contributed by atoms with Gasteiger partial charge in [-0.05, 0) is 62.9 Å². The lowest BCUT2D eigenvalue weighted by molar-refractivity contribution is 0.144. The Balaban J connectivity index is 1.07. The van der Waals surface area contributed by atoms with E-state index in [4.69, 9.17) is 9.05 Å². The van der Waals surface area contributed by atoms with Crippen LogP contribution in [-0.4, -0.2) is 43.3 Å². The number of nitrogens with zero attached hydrogens (tertiary/aromatic N) is 6. The van der Waals surface area contributed by atoms with E-state index < -0.39 is 0 Å². The number of piperidine rings is 1. The summed E-state index contributed by atoms with van der Waals surface area (Å²) < 4.78 is 11.1. The minimum Gasteiger partial charge on any atom is -0.339 e. The summed E-state index contributed by atoms with van der Waals surface area (Å²) in [7, 11) is 0. The molecule has 0 unspecified atom stereocenters. The first-order chi connectivity index (χ1) is 15.7. The van der Waals surface area contributed by atoms with Gasteiger partial charge in [0, 0.05) is 29.4 Å². The van der Waals surface area contributed by atoms with E-state index in [-0.39, 0.29) is 5.41 Å². The highest BCUT2D eigenvalue weighted by molar-refractivity contribution is 5.55. The van der Waals surface area contributed by atoms with Crippen molar-refractivity contribution in [3.8, 4) is 22.8 Å². The fourth-order valence-electron chi connectivity index (χ4n) is 4.81. The molecule has 0 N–H and O–H groups in total. The average molecular weight is 428 g/mol. The quantitative estimate of drug-likeness (QED) is 0.465. The van der Waals surface area contributed by atoms with Crippen molar-refractivity contribution in [2.24, 2.45) is 5.41 Å². The number of rotatable bonds is 5. The van der Waals surface area contributed by atoms with Gasteiger partial charge in [-0.3, -0.25) is 9.88 Å². The lowest BCUT2D eigenvalue weighted by Gasteiger charge is -2.31. The van der Waals surface area contributed by atoms with Gasteiger partial charge in [0.05, 0.1) is 6.54 Å². The average Bonchev–Trinajstić information content (AvgIpc) is 3.18. The van der Waals surface area contributed by atoms with Crippen LogP contribution >= 0.6 is 0 Å². The molecule has 0 amide bonds. The fraction of sp³-hybridized carbons (Fsp3) is 0.375. The van der Waals surface area contributed by atoms with Gasteiger partial charge in [-0.2, -0.15) is 9.97 Å². The molecule has 1 spiro atoms. The Morgan fingerprint density at radius 3 is 2.62 bits per heavy atom. The fourth-order valence-corrected chi connectivity index (χ4v) is 4.81. The Morgan fingerprint density at radius 1 is 1.00 bits per heavy atom. The third-order valence-corrected chi connectivity index (χ3v) is 6.80. The number of aryl methyl sites for hydroxylation is 1. The Hall–Kier alpha value is -3.39. The van der Waals surface area contributed by atoms with Crippen molar-refractivity contribution in [2.75, 3.05) is 13.1 Å². The van der Waals surface area contributed by atoms with Gasteiger partial charge in [0.1, 0.15) is 0 Å². The summed E-state index contributed by atoms with van der Waals surface area (Å²) in [6, 6.07) is 12.0. The maximum Gasteiger partial charge on any atom is 0.241 e. The molecule has 32 heavy (non-hydrogen) atoms. The summed E-state index contributed by atoms with van der Waals surface area (Å²) in [5, 5.41) is 8.33. The van der Waals surface area contributed by atoms with Crippen molar-refractivity contribution in [3.63, 3.8) is 0 Å². The first kappa shape index (κ1) is 19.3. The Kier molecular flexibility index (Phi) is 4.61.